The lowest BCUT2D eigenvalue weighted by Crippen LogP contribution is -2.28. The summed E-state index contributed by atoms with van der Waals surface area (Å²) in [6.45, 7) is 8.39. The van der Waals surface area contributed by atoms with Crippen molar-refractivity contribution in [3.05, 3.63) is 83.2 Å². The molecule has 2 unspecified atom stereocenters. The van der Waals surface area contributed by atoms with Crippen LogP contribution in [-0.4, -0.2) is 28.3 Å². The van der Waals surface area contributed by atoms with E-state index in [1.807, 2.05) is 26.0 Å². The van der Waals surface area contributed by atoms with Crippen LogP contribution in [0.5, 0.6) is 0 Å². The molecule has 0 spiro atoms. The van der Waals surface area contributed by atoms with Crippen molar-refractivity contribution in [3.8, 4) is 11.1 Å². The Bertz CT molecular complexity index is 1210. The normalized spacial score (nSPS) is 18.6. The predicted molar refractivity (Wildman–Crippen MR) is 129 cm³/mol. The molecule has 176 valence electrons. The SMILES string of the molecule is Cc1ccc(-c2cc(C(=O)NC(C)c3cnccn3)cc([C@@H]3C(=O)NCC3C(C)C)c2)c(F)c1. The van der Waals surface area contributed by atoms with Gasteiger partial charge in [0.15, 0.2) is 0 Å². The van der Waals surface area contributed by atoms with Gasteiger partial charge in [-0.15, -0.1) is 0 Å². The zero-order chi connectivity index (χ0) is 24.4. The lowest BCUT2D eigenvalue weighted by atomic mass is 9.80. The van der Waals surface area contributed by atoms with Crippen molar-refractivity contribution in [2.75, 3.05) is 6.54 Å². The number of amides is 2. The van der Waals surface area contributed by atoms with Crippen LogP contribution < -0.4 is 10.6 Å². The first-order valence-corrected chi connectivity index (χ1v) is 11.5. The number of nitrogens with zero attached hydrogens (tertiary/aromatic N) is 2. The molecule has 2 heterocycles. The van der Waals surface area contributed by atoms with Crippen LogP contribution in [0.25, 0.3) is 11.1 Å². The largest absolute Gasteiger partial charge is 0.355 e. The summed E-state index contributed by atoms with van der Waals surface area (Å²) in [5.74, 6) is -0.823. The van der Waals surface area contributed by atoms with Crippen LogP contribution >= 0.6 is 0 Å². The van der Waals surface area contributed by atoms with Gasteiger partial charge in [0.1, 0.15) is 5.82 Å². The van der Waals surface area contributed by atoms with Crippen LogP contribution in [-0.2, 0) is 4.79 Å². The van der Waals surface area contributed by atoms with Gasteiger partial charge in [0, 0.05) is 30.1 Å². The fourth-order valence-corrected chi connectivity index (χ4v) is 4.52. The van der Waals surface area contributed by atoms with Gasteiger partial charge >= 0.3 is 0 Å². The number of nitrogens with one attached hydrogen (secondary N) is 2. The van der Waals surface area contributed by atoms with Crippen molar-refractivity contribution < 1.29 is 14.0 Å². The van der Waals surface area contributed by atoms with Crippen LogP contribution in [0.2, 0.25) is 0 Å². The molecule has 2 amide bonds. The second-order valence-corrected chi connectivity index (χ2v) is 9.28. The van der Waals surface area contributed by atoms with Crippen LogP contribution in [0, 0.1) is 24.6 Å². The van der Waals surface area contributed by atoms with Gasteiger partial charge in [-0.2, -0.15) is 0 Å². The van der Waals surface area contributed by atoms with E-state index in [2.05, 4.69) is 34.4 Å². The lowest BCUT2D eigenvalue weighted by molar-refractivity contribution is -0.120. The Morgan fingerprint density at radius 2 is 1.94 bits per heavy atom. The van der Waals surface area contributed by atoms with Gasteiger partial charge in [-0.25, -0.2) is 4.39 Å². The number of halogens is 1. The molecule has 7 heteroatoms. The topological polar surface area (TPSA) is 84.0 Å². The van der Waals surface area contributed by atoms with Gasteiger partial charge in [0.05, 0.1) is 23.9 Å². The van der Waals surface area contributed by atoms with Gasteiger partial charge in [0.2, 0.25) is 5.91 Å². The van der Waals surface area contributed by atoms with Crippen molar-refractivity contribution in [1.29, 1.82) is 0 Å². The monoisotopic (exact) mass is 460 g/mol. The number of hydrogen-bond donors (Lipinski definition) is 2. The summed E-state index contributed by atoms with van der Waals surface area (Å²) in [5, 5.41) is 5.89. The molecule has 0 bridgehead atoms. The standard InChI is InChI=1S/C27H29FN4O2/c1-15(2)22-13-31-27(34)25(22)19-10-18(21-6-5-16(3)9-23(21)28)11-20(12-19)26(33)32-17(4)24-14-29-7-8-30-24/h5-12,14-15,17,22,25H,13H2,1-4H3,(H,31,34)(H,32,33)/t17?,22?,25-/m0/s1. The zero-order valence-corrected chi connectivity index (χ0v) is 19.8. The molecule has 3 atom stereocenters. The Morgan fingerprint density at radius 3 is 2.62 bits per heavy atom. The van der Waals surface area contributed by atoms with E-state index in [0.29, 0.717) is 34.5 Å². The molecule has 1 aliphatic heterocycles. The molecule has 1 saturated heterocycles. The summed E-state index contributed by atoms with van der Waals surface area (Å²) in [6, 6.07) is 9.90. The summed E-state index contributed by atoms with van der Waals surface area (Å²) >= 11 is 0. The van der Waals surface area contributed by atoms with Gasteiger partial charge < -0.3 is 10.6 Å². The number of carbonyl (C=O) groups is 2. The minimum absolute atomic E-state index is 0.0699. The Labute approximate surface area is 199 Å². The summed E-state index contributed by atoms with van der Waals surface area (Å²) in [4.78, 5) is 34.4. The van der Waals surface area contributed by atoms with Crippen molar-refractivity contribution in [2.45, 2.75) is 39.7 Å². The highest BCUT2D eigenvalue weighted by molar-refractivity contribution is 5.97. The van der Waals surface area contributed by atoms with E-state index in [-0.39, 0.29) is 35.5 Å². The smallest absolute Gasteiger partial charge is 0.251 e. The van der Waals surface area contributed by atoms with E-state index >= 15 is 0 Å². The molecule has 0 saturated carbocycles. The second kappa shape index (κ2) is 9.71. The molecule has 34 heavy (non-hydrogen) atoms. The molecule has 2 aromatic carbocycles. The molecule has 3 aromatic rings. The van der Waals surface area contributed by atoms with Crippen molar-refractivity contribution in [3.63, 3.8) is 0 Å². The Kier molecular flexibility index (Phi) is 6.72. The summed E-state index contributed by atoms with van der Waals surface area (Å²) in [7, 11) is 0. The van der Waals surface area contributed by atoms with Crippen LogP contribution in [0.4, 0.5) is 4.39 Å². The Balaban J connectivity index is 1.77. The van der Waals surface area contributed by atoms with E-state index < -0.39 is 5.92 Å². The minimum Gasteiger partial charge on any atom is -0.355 e. The Morgan fingerprint density at radius 1 is 1.15 bits per heavy atom. The predicted octanol–water partition coefficient (Wildman–Crippen LogP) is 4.57. The second-order valence-electron chi connectivity index (χ2n) is 9.28. The number of aryl methyl sites for hydroxylation is 1. The molecule has 0 aliphatic carbocycles. The third-order valence-corrected chi connectivity index (χ3v) is 6.47. The molecule has 6 nitrogen and oxygen atoms in total. The first-order valence-electron chi connectivity index (χ1n) is 11.5. The van der Waals surface area contributed by atoms with Crippen LogP contribution in [0.3, 0.4) is 0 Å². The molecular weight excluding hydrogens is 431 g/mol. The first kappa shape index (κ1) is 23.5. The fourth-order valence-electron chi connectivity index (χ4n) is 4.52. The molecule has 4 rings (SSSR count). The van der Waals surface area contributed by atoms with E-state index in [0.717, 1.165) is 5.56 Å². The van der Waals surface area contributed by atoms with E-state index in [1.54, 1.807) is 36.8 Å². The minimum atomic E-state index is -0.405. The van der Waals surface area contributed by atoms with Gasteiger partial charge in [-0.1, -0.05) is 32.0 Å². The maximum absolute atomic E-state index is 14.9. The van der Waals surface area contributed by atoms with Crippen molar-refractivity contribution in [1.82, 2.24) is 20.6 Å². The highest BCUT2D eigenvalue weighted by Crippen LogP contribution is 2.37. The van der Waals surface area contributed by atoms with Gasteiger partial charge in [-0.3, -0.25) is 19.6 Å². The van der Waals surface area contributed by atoms with Crippen LogP contribution in [0.1, 0.15) is 59.9 Å². The van der Waals surface area contributed by atoms with Gasteiger partial charge in [-0.05, 0) is 60.6 Å². The molecular formula is C27H29FN4O2. The third-order valence-electron chi connectivity index (χ3n) is 6.47. The van der Waals surface area contributed by atoms with E-state index in [1.165, 1.54) is 6.07 Å². The summed E-state index contributed by atoms with van der Waals surface area (Å²) in [5.41, 5.74) is 3.47. The van der Waals surface area contributed by atoms with E-state index in [4.69, 9.17) is 0 Å². The number of carbonyl (C=O) groups excluding carboxylic acids is 2. The van der Waals surface area contributed by atoms with Crippen molar-refractivity contribution in [2.24, 2.45) is 11.8 Å². The average Bonchev–Trinajstić information content (AvgIpc) is 3.21. The highest BCUT2D eigenvalue weighted by atomic mass is 19.1. The zero-order valence-electron chi connectivity index (χ0n) is 19.8. The molecule has 2 N–H and O–H groups in total. The van der Waals surface area contributed by atoms with Crippen molar-refractivity contribution >= 4 is 11.8 Å². The highest BCUT2D eigenvalue weighted by Gasteiger charge is 2.38. The average molecular weight is 461 g/mol. The maximum Gasteiger partial charge on any atom is 0.251 e. The van der Waals surface area contributed by atoms with E-state index in [9.17, 15) is 14.0 Å². The molecule has 1 fully saturated rings. The summed E-state index contributed by atoms with van der Waals surface area (Å²) < 4.78 is 14.9. The number of rotatable bonds is 6. The Hall–Kier alpha value is -3.61. The maximum atomic E-state index is 14.9. The van der Waals surface area contributed by atoms with Gasteiger partial charge in [0.25, 0.3) is 5.91 Å². The number of benzene rings is 2. The fraction of sp³-hybridized carbons (Fsp3) is 0.333. The molecule has 1 aromatic heterocycles. The number of aromatic nitrogens is 2. The number of hydrogen-bond acceptors (Lipinski definition) is 4. The van der Waals surface area contributed by atoms with Crippen LogP contribution in [0.15, 0.2) is 55.0 Å². The quantitative estimate of drug-likeness (QED) is 0.565. The third kappa shape index (κ3) is 4.83. The lowest BCUT2D eigenvalue weighted by Gasteiger charge is -2.22. The summed E-state index contributed by atoms with van der Waals surface area (Å²) in [6.07, 6.45) is 4.74. The first-order chi connectivity index (χ1) is 16.2. The molecule has 1 aliphatic rings. The molecule has 0 radical (unpaired) electrons.